The first-order valence-electron chi connectivity index (χ1n) is 7.58. The molecule has 0 aliphatic carbocycles. The molecule has 0 atom stereocenters. The van der Waals surface area contributed by atoms with Crippen molar-refractivity contribution in [3.63, 3.8) is 0 Å². The lowest BCUT2D eigenvalue weighted by molar-refractivity contribution is 0.0698. The number of benzene rings is 2. The fourth-order valence-corrected chi connectivity index (χ4v) is 2.44. The highest BCUT2D eigenvalue weighted by atomic mass is 35.5. The zero-order chi connectivity index (χ0) is 19.2. The Morgan fingerprint density at radius 3 is 2.67 bits per heavy atom. The molecular formula is C17H12ClN7O2. The molecule has 1 heterocycles. The van der Waals surface area contributed by atoms with Crippen LogP contribution in [0.15, 0.2) is 48.7 Å². The van der Waals surface area contributed by atoms with Crippen LogP contribution in [-0.2, 0) is 0 Å². The maximum atomic E-state index is 11.6. The number of aromatic amines is 1. The summed E-state index contributed by atoms with van der Waals surface area (Å²) in [6, 6.07) is 13.6. The average Bonchev–Trinajstić information content (AvgIpc) is 3.19. The lowest BCUT2D eigenvalue weighted by Gasteiger charge is -2.15. The number of nitriles is 1. The monoisotopic (exact) mass is 381 g/mol. The van der Waals surface area contributed by atoms with Gasteiger partial charge in [0.1, 0.15) is 11.6 Å². The van der Waals surface area contributed by atoms with Gasteiger partial charge in [-0.1, -0.05) is 29.8 Å². The van der Waals surface area contributed by atoms with Gasteiger partial charge in [-0.15, -0.1) is 10.2 Å². The van der Waals surface area contributed by atoms with Crippen LogP contribution in [0.5, 0.6) is 0 Å². The SMILES string of the molecule is N#CC(=CNc1cccc(C(=O)O)c1Nc1ccccc1Cl)c1nn[nH]n1. The zero-order valence-corrected chi connectivity index (χ0v) is 14.4. The number of nitrogens with one attached hydrogen (secondary N) is 3. The van der Waals surface area contributed by atoms with Crippen molar-refractivity contribution < 1.29 is 9.90 Å². The number of halogens is 1. The predicted molar refractivity (Wildman–Crippen MR) is 99.5 cm³/mol. The molecule has 0 saturated heterocycles. The van der Waals surface area contributed by atoms with Crippen LogP contribution in [0.3, 0.4) is 0 Å². The van der Waals surface area contributed by atoms with Gasteiger partial charge in [-0.25, -0.2) is 4.79 Å². The number of carboxylic acids is 1. The molecule has 10 heteroatoms. The van der Waals surface area contributed by atoms with Crippen molar-refractivity contribution in [2.75, 3.05) is 10.6 Å². The van der Waals surface area contributed by atoms with E-state index in [1.807, 2.05) is 6.07 Å². The summed E-state index contributed by atoms with van der Waals surface area (Å²) in [6.07, 6.45) is 1.36. The fourth-order valence-electron chi connectivity index (χ4n) is 2.26. The average molecular weight is 382 g/mol. The number of H-pyrrole nitrogens is 1. The van der Waals surface area contributed by atoms with Gasteiger partial charge < -0.3 is 15.7 Å². The number of hydrogen-bond donors (Lipinski definition) is 4. The molecule has 0 spiro atoms. The second-order valence-electron chi connectivity index (χ2n) is 5.19. The van der Waals surface area contributed by atoms with E-state index in [9.17, 15) is 15.2 Å². The summed E-state index contributed by atoms with van der Waals surface area (Å²) in [7, 11) is 0. The maximum absolute atomic E-state index is 11.6. The minimum Gasteiger partial charge on any atom is -0.478 e. The summed E-state index contributed by atoms with van der Waals surface area (Å²) in [5, 5.41) is 38.3. The third kappa shape index (κ3) is 4.02. The number of tetrazole rings is 1. The number of carboxylic acid groups (broad SMARTS) is 1. The minimum atomic E-state index is -1.11. The zero-order valence-electron chi connectivity index (χ0n) is 13.6. The number of nitrogens with zero attached hydrogens (tertiary/aromatic N) is 4. The summed E-state index contributed by atoms with van der Waals surface area (Å²) < 4.78 is 0. The molecule has 134 valence electrons. The van der Waals surface area contributed by atoms with E-state index in [1.54, 1.807) is 36.4 Å². The predicted octanol–water partition coefficient (Wildman–Crippen LogP) is 3.27. The molecule has 1 aromatic heterocycles. The molecular weight excluding hydrogens is 370 g/mol. The molecule has 4 N–H and O–H groups in total. The van der Waals surface area contributed by atoms with Gasteiger partial charge in [0.25, 0.3) is 0 Å². The van der Waals surface area contributed by atoms with Crippen molar-refractivity contribution in [1.29, 1.82) is 5.26 Å². The number of anilines is 3. The molecule has 27 heavy (non-hydrogen) atoms. The van der Waals surface area contributed by atoms with E-state index >= 15 is 0 Å². The van der Waals surface area contributed by atoms with Gasteiger partial charge in [0.2, 0.25) is 5.82 Å². The van der Waals surface area contributed by atoms with Crippen molar-refractivity contribution in [2.45, 2.75) is 0 Å². The number of hydrogen-bond acceptors (Lipinski definition) is 7. The largest absolute Gasteiger partial charge is 0.478 e. The van der Waals surface area contributed by atoms with Crippen LogP contribution < -0.4 is 10.6 Å². The Labute approximate surface area is 158 Å². The smallest absolute Gasteiger partial charge is 0.337 e. The molecule has 0 radical (unpaired) electrons. The molecule has 0 unspecified atom stereocenters. The molecule has 0 aliphatic heterocycles. The number of aromatic carboxylic acids is 1. The van der Waals surface area contributed by atoms with Crippen molar-refractivity contribution in [3.8, 4) is 6.07 Å². The number of aromatic nitrogens is 4. The highest BCUT2D eigenvalue weighted by Crippen LogP contribution is 2.33. The van der Waals surface area contributed by atoms with Crippen molar-refractivity contribution >= 4 is 40.2 Å². The van der Waals surface area contributed by atoms with Crippen LogP contribution in [0, 0.1) is 11.3 Å². The molecule has 0 fully saturated rings. The van der Waals surface area contributed by atoms with Gasteiger partial charge in [0, 0.05) is 6.20 Å². The van der Waals surface area contributed by atoms with E-state index in [2.05, 4.69) is 31.3 Å². The summed E-state index contributed by atoms with van der Waals surface area (Å²) >= 11 is 6.16. The Balaban J connectivity index is 2.00. The van der Waals surface area contributed by atoms with Gasteiger partial charge in [-0.2, -0.15) is 10.5 Å². The second kappa shape index (κ2) is 7.99. The van der Waals surface area contributed by atoms with Crippen molar-refractivity contribution in [1.82, 2.24) is 20.6 Å². The highest BCUT2D eigenvalue weighted by molar-refractivity contribution is 6.33. The Kier molecular flexibility index (Phi) is 5.30. The van der Waals surface area contributed by atoms with E-state index in [0.717, 1.165) is 0 Å². The van der Waals surface area contributed by atoms with Gasteiger partial charge in [-0.05, 0) is 29.5 Å². The molecule has 0 amide bonds. The molecule has 0 aliphatic rings. The van der Waals surface area contributed by atoms with E-state index in [-0.39, 0.29) is 17.0 Å². The molecule has 3 rings (SSSR count). The third-order valence-corrected chi connectivity index (χ3v) is 3.84. The summed E-state index contributed by atoms with van der Waals surface area (Å²) in [4.78, 5) is 11.6. The molecule has 0 bridgehead atoms. The lowest BCUT2D eigenvalue weighted by atomic mass is 10.1. The van der Waals surface area contributed by atoms with Crippen LogP contribution in [0.1, 0.15) is 16.2 Å². The number of carbonyl (C=O) groups is 1. The van der Waals surface area contributed by atoms with Crippen LogP contribution in [-0.4, -0.2) is 31.7 Å². The normalized spacial score (nSPS) is 10.9. The van der Waals surface area contributed by atoms with E-state index in [1.165, 1.54) is 12.3 Å². The number of para-hydroxylation sites is 2. The van der Waals surface area contributed by atoms with Gasteiger partial charge in [0.05, 0.1) is 27.6 Å². The Morgan fingerprint density at radius 1 is 1.22 bits per heavy atom. The maximum Gasteiger partial charge on any atom is 0.337 e. The molecule has 9 nitrogen and oxygen atoms in total. The van der Waals surface area contributed by atoms with Gasteiger partial charge in [-0.3, -0.25) is 0 Å². The number of allylic oxidation sites excluding steroid dienone is 1. The number of rotatable bonds is 6. The third-order valence-electron chi connectivity index (χ3n) is 3.51. The Hall–Kier alpha value is -3.90. The van der Waals surface area contributed by atoms with Crippen LogP contribution in [0.2, 0.25) is 5.02 Å². The molecule has 0 saturated carbocycles. The first kappa shape index (κ1) is 17.9. The summed E-state index contributed by atoms with van der Waals surface area (Å²) in [5.74, 6) is -1.00. The van der Waals surface area contributed by atoms with E-state index in [4.69, 9.17) is 11.6 Å². The Bertz CT molecular complexity index is 1040. The first-order valence-corrected chi connectivity index (χ1v) is 7.96. The topological polar surface area (TPSA) is 140 Å². The van der Waals surface area contributed by atoms with Crippen LogP contribution in [0.25, 0.3) is 5.57 Å². The van der Waals surface area contributed by atoms with Crippen LogP contribution in [0.4, 0.5) is 17.1 Å². The summed E-state index contributed by atoms with van der Waals surface area (Å²) in [5.41, 5.74) is 1.41. The second-order valence-corrected chi connectivity index (χ2v) is 5.59. The quantitative estimate of drug-likeness (QED) is 0.477. The summed E-state index contributed by atoms with van der Waals surface area (Å²) in [6.45, 7) is 0. The highest BCUT2D eigenvalue weighted by Gasteiger charge is 2.15. The minimum absolute atomic E-state index is 0.0337. The van der Waals surface area contributed by atoms with Crippen molar-refractivity contribution in [3.05, 3.63) is 65.1 Å². The van der Waals surface area contributed by atoms with E-state index in [0.29, 0.717) is 22.1 Å². The molecule has 2 aromatic carbocycles. The standard InChI is InChI=1S/C17H12ClN7O2/c18-12-5-1-2-6-13(12)21-15-11(17(26)27)4-3-7-14(15)20-9-10(8-19)16-22-24-25-23-16/h1-7,9,20-21H,(H,26,27)(H,22,23,24,25). The van der Waals surface area contributed by atoms with Gasteiger partial charge in [0.15, 0.2) is 0 Å². The van der Waals surface area contributed by atoms with Crippen molar-refractivity contribution in [2.24, 2.45) is 0 Å². The van der Waals surface area contributed by atoms with Gasteiger partial charge >= 0.3 is 5.97 Å². The Morgan fingerprint density at radius 2 is 2.00 bits per heavy atom. The van der Waals surface area contributed by atoms with Crippen LogP contribution >= 0.6 is 11.6 Å². The molecule has 3 aromatic rings. The van der Waals surface area contributed by atoms with E-state index < -0.39 is 5.97 Å². The lowest BCUT2D eigenvalue weighted by Crippen LogP contribution is -2.06. The fraction of sp³-hybridized carbons (Fsp3) is 0. The first-order chi connectivity index (χ1) is 13.1.